The van der Waals surface area contributed by atoms with Gasteiger partial charge in [-0.1, -0.05) is 19.9 Å². The van der Waals surface area contributed by atoms with Crippen LogP contribution in [0.2, 0.25) is 0 Å². The van der Waals surface area contributed by atoms with Crippen LogP contribution in [0.1, 0.15) is 64.4 Å². The summed E-state index contributed by atoms with van der Waals surface area (Å²) < 4.78 is 0. The van der Waals surface area contributed by atoms with Gasteiger partial charge in [-0.05, 0) is 96.6 Å². The molecule has 4 aliphatic rings. The van der Waals surface area contributed by atoms with E-state index < -0.39 is 16.6 Å². The minimum atomic E-state index is -1.09. The van der Waals surface area contributed by atoms with Crippen LogP contribution < -0.4 is 0 Å². The van der Waals surface area contributed by atoms with Crippen molar-refractivity contribution in [2.24, 2.45) is 28.6 Å². The standard InChI is InChI=1S/C23H32O3S/c1-20-8-5-17(24)13-15(20)3-4-19-18(20)6-9-21(2)22(25,10-11-23(19,21)26)16-7-12-27-14-16/h7,10-12,14-15,17-19,24-26H,3-6,8-9,13H2,1-2H3/t15?,17?,18-,19-,20+,21-,22?,23-/m1/s1. The Kier molecular flexibility index (Phi) is 3.87. The van der Waals surface area contributed by atoms with E-state index in [2.05, 4.69) is 13.8 Å². The highest BCUT2D eigenvalue weighted by Crippen LogP contribution is 2.69. The molecule has 1 aromatic heterocycles. The van der Waals surface area contributed by atoms with E-state index in [0.29, 0.717) is 11.8 Å². The maximum atomic E-state index is 12.1. The molecule has 3 saturated carbocycles. The Labute approximate surface area is 166 Å². The van der Waals surface area contributed by atoms with E-state index in [4.69, 9.17) is 0 Å². The van der Waals surface area contributed by atoms with E-state index in [-0.39, 0.29) is 17.4 Å². The Morgan fingerprint density at radius 2 is 1.81 bits per heavy atom. The maximum absolute atomic E-state index is 12.1. The molecule has 4 aliphatic carbocycles. The van der Waals surface area contributed by atoms with Gasteiger partial charge < -0.3 is 15.3 Å². The van der Waals surface area contributed by atoms with Gasteiger partial charge in [-0.2, -0.15) is 11.3 Å². The van der Waals surface area contributed by atoms with Crippen LogP contribution in [0.4, 0.5) is 0 Å². The van der Waals surface area contributed by atoms with E-state index in [1.807, 2.05) is 29.0 Å². The number of rotatable bonds is 1. The molecular formula is C23H32O3S. The molecule has 148 valence electrons. The van der Waals surface area contributed by atoms with Crippen LogP contribution in [0, 0.1) is 28.6 Å². The molecule has 0 bridgehead atoms. The number of thiophene rings is 1. The maximum Gasteiger partial charge on any atom is 0.117 e. The summed E-state index contributed by atoms with van der Waals surface area (Å²) in [6, 6.07) is 2.00. The molecule has 3 N–H and O–H groups in total. The van der Waals surface area contributed by atoms with Gasteiger partial charge in [-0.15, -0.1) is 0 Å². The lowest BCUT2D eigenvalue weighted by atomic mass is 9.42. The molecule has 4 heteroatoms. The molecular weight excluding hydrogens is 356 g/mol. The van der Waals surface area contributed by atoms with Gasteiger partial charge in [0, 0.05) is 5.41 Å². The summed E-state index contributed by atoms with van der Waals surface area (Å²) >= 11 is 1.60. The summed E-state index contributed by atoms with van der Waals surface area (Å²) in [6.07, 6.45) is 10.5. The zero-order chi connectivity index (χ0) is 19.1. The molecule has 3 unspecified atom stereocenters. The van der Waals surface area contributed by atoms with Crippen LogP contribution in [0.3, 0.4) is 0 Å². The van der Waals surface area contributed by atoms with E-state index in [0.717, 1.165) is 50.5 Å². The first-order valence-electron chi connectivity index (χ1n) is 10.6. The van der Waals surface area contributed by atoms with Crippen LogP contribution in [0.25, 0.3) is 0 Å². The molecule has 27 heavy (non-hydrogen) atoms. The van der Waals surface area contributed by atoms with Gasteiger partial charge >= 0.3 is 0 Å². The Morgan fingerprint density at radius 3 is 2.56 bits per heavy atom. The fraction of sp³-hybridized carbons (Fsp3) is 0.739. The van der Waals surface area contributed by atoms with Gasteiger partial charge in [0.05, 0.1) is 11.7 Å². The third kappa shape index (κ3) is 2.13. The van der Waals surface area contributed by atoms with Crippen molar-refractivity contribution in [1.82, 2.24) is 0 Å². The molecule has 5 rings (SSSR count). The summed E-state index contributed by atoms with van der Waals surface area (Å²) in [5, 5.41) is 38.0. The second kappa shape index (κ2) is 5.69. The van der Waals surface area contributed by atoms with Gasteiger partial charge in [-0.25, -0.2) is 0 Å². The van der Waals surface area contributed by atoms with Gasteiger partial charge in [0.2, 0.25) is 0 Å². The first kappa shape index (κ1) is 18.4. The van der Waals surface area contributed by atoms with Crippen molar-refractivity contribution < 1.29 is 15.3 Å². The molecule has 0 amide bonds. The number of hydrogen-bond acceptors (Lipinski definition) is 4. The second-order valence-corrected chi connectivity index (χ2v) is 11.0. The normalized spacial score (nSPS) is 54.3. The van der Waals surface area contributed by atoms with Gasteiger partial charge in [-0.3, -0.25) is 0 Å². The smallest absolute Gasteiger partial charge is 0.117 e. The van der Waals surface area contributed by atoms with Crippen LogP contribution in [0.5, 0.6) is 0 Å². The minimum absolute atomic E-state index is 0.147. The summed E-state index contributed by atoms with van der Waals surface area (Å²) in [6.45, 7) is 4.51. The van der Waals surface area contributed by atoms with Crippen molar-refractivity contribution in [2.75, 3.05) is 0 Å². The van der Waals surface area contributed by atoms with Gasteiger partial charge in [0.1, 0.15) is 5.60 Å². The lowest BCUT2D eigenvalue weighted by Crippen LogP contribution is -2.65. The third-order valence-electron chi connectivity index (χ3n) is 9.45. The number of aliphatic hydroxyl groups is 3. The molecule has 0 saturated heterocycles. The molecule has 0 aliphatic heterocycles. The largest absolute Gasteiger partial charge is 0.393 e. The Hall–Kier alpha value is -0.680. The van der Waals surface area contributed by atoms with Crippen LogP contribution in [0.15, 0.2) is 29.0 Å². The molecule has 0 radical (unpaired) electrons. The lowest BCUT2D eigenvalue weighted by molar-refractivity contribution is -0.227. The fourth-order valence-electron chi connectivity index (χ4n) is 7.62. The Morgan fingerprint density at radius 1 is 1.00 bits per heavy atom. The minimum Gasteiger partial charge on any atom is -0.393 e. The molecule has 1 heterocycles. The second-order valence-electron chi connectivity index (χ2n) is 10.2. The number of hydrogen-bond donors (Lipinski definition) is 3. The van der Waals surface area contributed by atoms with Crippen molar-refractivity contribution >= 4 is 11.3 Å². The zero-order valence-electron chi connectivity index (χ0n) is 16.4. The van der Waals surface area contributed by atoms with Crippen molar-refractivity contribution in [1.29, 1.82) is 0 Å². The van der Waals surface area contributed by atoms with E-state index >= 15 is 0 Å². The summed E-state index contributed by atoms with van der Waals surface area (Å²) in [4.78, 5) is 0. The first-order chi connectivity index (χ1) is 12.7. The fourth-order valence-corrected chi connectivity index (χ4v) is 8.33. The van der Waals surface area contributed by atoms with Crippen LogP contribution in [-0.4, -0.2) is 27.0 Å². The average molecular weight is 389 g/mol. The molecule has 3 fully saturated rings. The monoisotopic (exact) mass is 388 g/mol. The topological polar surface area (TPSA) is 60.7 Å². The van der Waals surface area contributed by atoms with Crippen molar-refractivity contribution in [3.63, 3.8) is 0 Å². The number of aliphatic hydroxyl groups excluding tert-OH is 1. The lowest BCUT2D eigenvalue weighted by Gasteiger charge is -2.64. The van der Waals surface area contributed by atoms with Crippen molar-refractivity contribution in [2.45, 2.75) is 76.1 Å². The van der Waals surface area contributed by atoms with Crippen molar-refractivity contribution in [3.8, 4) is 0 Å². The highest BCUT2D eigenvalue weighted by atomic mass is 32.1. The Balaban J connectivity index is 1.54. The van der Waals surface area contributed by atoms with Gasteiger partial charge in [0.25, 0.3) is 0 Å². The van der Waals surface area contributed by atoms with E-state index in [1.54, 1.807) is 11.3 Å². The quantitative estimate of drug-likeness (QED) is 0.631. The SMILES string of the molecule is C[C@]12CCC(O)CC1CC[C@@H]1[C@H]2CC[C@]2(C)C(O)(c3ccsc3)C=C[C@@]12O. The highest BCUT2D eigenvalue weighted by molar-refractivity contribution is 7.08. The molecule has 0 spiro atoms. The summed E-state index contributed by atoms with van der Waals surface area (Å²) in [5.74, 6) is 1.23. The van der Waals surface area contributed by atoms with E-state index in [1.165, 1.54) is 0 Å². The van der Waals surface area contributed by atoms with Crippen LogP contribution in [-0.2, 0) is 5.60 Å². The first-order valence-corrected chi connectivity index (χ1v) is 11.5. The average Bonchev–Trinajstić information content (AvgIpc) is 3.24. The third-order valence-corrected chi connectivity index (χ3v) is 10.1. The summed E-state index contributed by atoms with van der Waals surface area (Å²) in [7, 11) is 0. The van der Waals surface area contributed by atoms with E-state index in [9.17, 15) is 15.3 Å². The molecule has 8 atom stereocenters. The highest BCUT2D eigenvalue weighted by Gasteiger charge is 2.70. The predicted octanol–water partition coefficient (Wildman–Crippen LogP) is 4.23. The molecule has 1 aromatic rings. The summed E-state index contributed by atoms with van der Waals surface area (Å²) in [5.41, 5.74) is -1.51. The van der Waals surface area contributed by atoms with Gasteiger partial charge in [0.15, 0.2) is 0 Å². The molecule has 3 nitrogen and oxygen atoms in total. The van der Waals surface area contributed by atoms with Crippen LogP contribution >= 0.6 is 11.3 Å². The molecule has 0 aromatic carbocycles. The predicted molar refractivity (Wildman–Crippen MR) is 107 cm³/mol. The van der Waals surface area contributed by atoms with Crippen molar-refractivity contribution in [3.05, 3.63) is 34.5 Å². The zero-order valence-corrected chi connectivity index (χ0v) is 17.2. The number of fused-ring (bicyclic) bond motifs is 5. The Bertz CT molecular complexity index is 760.